The van der Waals surface area contributed by atoms with Crippen molar-refractivity contribution in [2.45, 2.75) is 31.7 Å². The van der Waals surface area contributed by atoms with Gasteiger partial charge < -0.3 is 5.32 Å². The minimum Gasteiger partial charge on any atom is -0.345 e. The zero-order valence-corrected chi connectivity index (χ0v) is 16.7. The predicted octanol–water partition coefficient (Wildman–Crippen LogP) is 0.125. The molecule has 1 saturated carbocycles. The van der Waals surface area contributed by atoms with Crippen LogP contribution in [0.5, 0.6) is 0 Å². The normalized spacial score (nSPS) is 18.3. The molecule has 9 nitrogen and oxygen atoms in total. The molecule has 0 unspecified atom stereocenters. The molecule has 1 aliphatic carbocycles. The van der Waals surface area contributed by atoms with Gasteiger partial charge in [0.05, 0.1) is 0 Å². The minimum atomic E-state index is -3.57. The molecule has 156 valence electrons. The van der Waals surface area contributed by atoms with Crippen LogP contribution < -0.4 is 16.2 Å². The van der Waals surface area contributed by atoms with E-state index >= 15 is 0 Å². The third-order valence-corrected chi connectivity index (χ3v) is 6.40. The minimum absolute atomic E-state index is 0.0474. The number of carbonyl (C=O) groups is 3. The molecule has 1 aromatic rings. The Balaban J connectivity index is 1.44. The Labute approximate surface area is 169 Å². The van der Waals surface area contributed by atoms with Gasteiger partial charge in [0.2, 0.25) is 15.9 Å². The third kappa shape index (κ3) is 6.13. The Bertz CT molecular complexity index is 888. The molecule has 0 spiro atoms. The van der Waals surface area contributed by atoms with Crippen LogP contribution in [0, 0.1) is 5.92 Å². The van der Waals surface area contributed by atoms with Crippen LogP contribution in [0.3, 0.4) is 0 Å². The highest BCUT2D eigenvalue weighted by molar-refractivity contribution is 7.92. The van der Waals surface area contributed by atoms with E-state index in [2.05, 4.69) is 16.2 Å². The number of hydrogen-bond acceptors (Lipinski definition) is 5. The molecule has 0 radical (unpaired) electrons. The SMILES string of the molecule is O=C(NNC(=O)C1CCN(S(=O)(=O)/C=C/c2ccccc2)CC1)C(=O)NC1CC1. The van der Waals surface area contributed by atoms with Crippen molar-refractivity contribution in [1.29, 1.82) is 0 Å². The molecular formula is C19H24N4O5S. The van der Waals surface area contributed by atoms with E-state index < -0.39 is 33.7 Å². The van der Waals surface area contributed by atoms with Gasteiger partial charge in [-0.3, -0.25) is 25.2 Å². The van der Waals surface area contributed by atoms with Crippen LogP contribution in [0.25, 0.3) is 6.08 Å². The zero-order valence-electron chi connectivity index (χ0n) is 15.8. The van der Waals surface area contributed by atoms with Gasteiger partial charge in [-0.15, -0.1) is 0 Å². The van der Waals surface area contributed by atoms with Crippen LogP contribution in [0.1, 0.15) is 31.2 Å². The van der Waals surface area contributed by atoms with E-state index in [1.165, 1.54) is 15.8 Å². The maximum absolute atomic E-state index is 12.5. The molecule has 3 N–H and O–H groups in total. The Kier molecular flexibility index (Phi) is 6.65. The second kappa shape index (κ2) is 9.19. The molecule has 10 heteroatoms. The zero-order chi connectivity index (χ0) is 20.9. The van der Waals surface area contributed by atoms with Gasteiger partial charge >= 0.3 is 11.8 Å². The lowest BCUT2D eigenvalue weighted by Crippen LogP contribution is -2.51. The van der Waals surface area contributed by atoms with Crippen LogP contribution in [0.15, 0.2) is 35.7 Å². The number of hydrazine groups is 1. The number of nitrogens with zero attached hydrogens (tertiary/aromatic N) is 1. The maximum atomic E-state index is 12.5. The van der Waals surface area contributed by atoms with E-state index in [0.29, 0.717) is 12.8 Å². The molecular weight excluding hydrogens is 396 g/mol. The van der Waals surface area contributed by atoms with Gasteiger partial charge in [-0.05, 0) is 37.3 Å². The third-order valence-electron chi connectivity index (χ3n) is 4.83. The number of benzene rings is 1. The molecule has 3 rings (SSSR count). The first-order valence-corrected chi connectivity index (χ1v) is 11.0. The standard InChI is InChI=1S/C19H24N4O5S/c24-17(21-22-19(26)18(25)20-16-6-7-16)15-8-11-23(12-9-15)29(27,28)13-10-14-4-2-1-3-5-14/h1-5,10,13,15-16H,6-9,11-12H2,(H,20,25)(H,21,24)(H,22,26)/b13-10+. The summed E-state index contributed by atoms with van der Waals surface area (Å²) in [6, 6.07) is 9.16. The Hall–Kier alpha value is -2.72. The summed E-state index contributed by atoms with van der Waals surface area (Å²) in [6.07, 6.45) is 3.90. The van der Waals surface area contributed by atoms with Crippen LogP contribution in [0.2, 0.25) is 0 Å². The summed E-state index contributed by atoms with van der Waals surface area (Å²) in [6.45, 7) is 0.408. The molecule has 1 saturated heterocycles. The molecule has 1 aliphatic heterocycles. The summed E-state index contributed by atoms with van der Waals surface area (Å²) in [5.41, 5.74) is 5.13. The van der Waals surface area contributed by atoms with Gasteiger partial charge in [0.1, 0.15) is 0 Å². The van der Waals surface area contributed by atoms with Gasteiger partial charge in [-0.1, -0.05) is 30.3 Å². The summed E-state index contributed by atoms with van der Waals surface area (Å²) in [5, 5.41) is 3.69. The number of hydrogen-bond donors (Lipinski definition) is 3. The monoisotopic (exact) mass is 420 g/mol. The highest BCUT2D eigenvalue weighted by Crippen LogP contribution is 2.21. The van der Waals surface area contributed by atoms with Crippen molar-refractivity contribution >= 4 is 33.8 Å². The van der Waals surface area contributed by atoms with E-state index in [1.807, 2.05) is 30.3 Å². The molecule has 2 fully saturated rings. The molecule has 0 bridgehead atoms. The van der Waals surface area contributed by atoms with E-state index in [1.54, 1.807) is 0 Å². The fraction of sp³-hybridized carbons (Fsp3) is 0.421. The van der Waals surface area contributed by atoms with Crippen molar-refractivity contribution in [3.05, 3.63) is 41.3 Å². The Morgan fingerprint density at radius 3 is 2.21 bits per heavy atom. The van der Waals surface area contributed by atoms with E-state index in [-0.39, 0.29) is 19.1 Å². The number of rotatable bonds is 5. The topological polar surface area (TPSA) is 125 Å². The molecule has 0 atom stereocenters. The maximum Gasteiger partial charge on any atom is 0.327 e. The summed E-state index contributed by atoms with van der Waals surface area (Å²) in [7, 11) is -3.57. The summed E-state index contributed by atoms with van der Waals surface area (Å²) >= 11 is 0. The van der Waals surface area contributed by atoms with Crippen LogP contribution in [0.4, 0.5) is 0 Å². The lowest BCUT2D eigenvalue weighted by Gasteiger charge is -2.29. The van der Waals surface area contributed by atoms with E-state index in [4.69, 9.17) is 0 Å². The lowest BCUT2D eigenvalue weighted by atomic mass is 9.98. The van der Waals surface area contributed by atoms with E-state index in [0.717, 1.165) is 18.4 Å². The summed E-state index contributed by atoms with van der Waals surface area (Å²) < 4.78 is 26.2. The highest BCUT2D eigenvalue weighted by atomic mass is 32.2. The average molecular weight is 420 g/mol. The molecule has 2 aliphatic rings. The van der Waals surface area contributed by atoms with Crippen molar-refractivity contribution in [2.75, 3.05) is 13.1 Å². The second-order valence-electron chi connectivity index (χ2n) is 7.12. The first-order valence-electron chi connectivity index (χ1n) is 9.49. The molecule has 0 aromatic heterocycles. The van der Waals surface area contributed by atoms with Gasteiger partial charge in [0.15, 0.2) is 0 Å². The summed E-state index contributed by atoms with van der Waals surface area (Å²) in [5.74, 6) is -2.57. The first kappa shape index (κ1) is 21.0. The largest absolute Gasteiger partial charge is 0.345 e. The molecule has 1 aromatic carbocycles. The van der Waals surface area contributed by atoms with Crippen molar-refractivity contribution in [1.82, 2.24) is 20.5 Å². The number of carbonyl (C=O) groups excluding carboxylic acids is 3. The number of amides is 3. The quantitative estimate of drug-likeness (QED) is 0.461. The molecule has 3 amide bonds. The van der Waals surface area contributed by atoms with Gasteiger partial charge in [0.25, 0.3) is 0 Å². The first-order chi connectivity index (χ1) is 13.8. The lowest BCUT2D eigenvalue weighted by molar-refractivity contribution is -0.141. The van der Waals surface area contributed by atoms with Crippen LogP contribution >= 0.6 is 0 Å². The van der Waals surface area contributed by atoms with Crippen molar-refractivity contribution in [2.24, 2.45) is 5.92 Å². The molecule has 29 heavy (non-hydrogen) atoms. The molecule has 1 heterocycles. The van der Waals surface area contributed by atoms with Crippen LogP contribution in [-0.2, 0) is 24.4 Å². The van der Waals surface area contributed by atoms with Gasteiger partial charge in [-0.2, -0.15) is 4.31 Å². The summed E-state index contributed by atoms with van der Waals surface area (Å²) in [4.78, 5) is 35.4. The van der Waals surface area contributed by atoms with Crippen molar-refractivity contribution < 1.29 is 22.8 Å². The second-order valence-corrected chi connectivity index (χ2v) is 8.94. The van der Waals surface area contributed by atoms with Crippen molar-refractivity contribution in [3.8, 4) is 0 Å². The fourth-order valence-corrected chi connectivity index (χ4v) is 4.16. The highest BCUT2D eigenvalue weighted by Gasteiger charge is 2.31. The van der Waals surface area contributed by atoms with Gasteiger partial charge in [0, 0.05) is 30.5 Å². The number of sulfonamides is 1. The van der Waals surface area contributed by atoms with Crippen LogP contribution in [-0.4, -0.2) is 49.6 Å². The number of nitrogens with one attached hydrogen (secondary N) is 3. The fourth-order valence-electron chi connectivity index (χ4n) is 2.94. The average Bonchev–Trinajstić information content (AvgIpc) is 3.55. The Morgan fingerprint density at radius 1 is 0.931 bits per heavy atom. The number of piperidine rings is 1. The van der Waals surface area contributed by atoms with Gasteiger partial charge in [-0.25, -0.2) is 8.42 Å². The van der Waals surface area contributed by atoms with E-state index in [9.17, 15) is 22.8 Å². The Morgan fingerprint density at radius 2 is 1.59 bits per heavy atom. The smallest absolute Gasteiger partial charge is 0.327 e. The van der Waals surface area contributed by atoms with Crippen molar-refractivity contribution in [3.63, 3.8) is 0 Å². The predicted molar refractivity (Wildman–Crippen MR) is 106 cm³/mol.